The van der Waals surface area contributed by atoms with Crippen molar-refractivity contribution in [3.63, 3.8) is 0 Å². The van der Waals surface area contributed by atoms with E-state index in [4.69, 9.17) is 0 Å². The molecule has 6 rings (SSSR count). The van der Waals surface area contributed by atoms with Gasteiger partial charge in [0.05, 0.1) is 6.04 Å². The van der Waals surface area contributed by atoms with Crippen molar-refractivity contribution < 1.29 is 24.0 Å². The Bertz CT molecular complexity index is 1490. The summed E-state index contributed by atoms with van der Waals surface area (Å²) in [7, 11) is 0. The van der Waals surface area contributed by atoms with Crippen LogP contribution in [0.15, 0.2) is 12.3 Å². The van der Waals surface area contributed by atoms with E-state index in [9.17, 15) is 19.2 Å². The molecule has 4 saturated carbocycles. The molecule has 1 unspecified atom stereocenters. The van der Waals surface area contributed by atoms with Crippen molar-refractivity contribution in [2.24, 2.45) is 33.5 Å². The van der Waals surface area contributed by atoms with E-state index in [2.05, 4.69) is 53.5 Å². The summed E-state index contributed by atoms with van der Waals surface area (Å²) >= 11 is 0. The first-order valence-corrected chi connectivity index (χ1v) is 21.9. The van der Waals surface area contributed by atoms with Gasteiger partial charge in [-0.15, -0.1) is 0 Å². The lowest BCUT2D eigenvalue weighted by molar-refractivity contribution is -0.145. The highest BCUT2D eigenvalue weighted by molar-refractivity contribution is 6.38. The molecule has 2 aliphatic heterocycles. The van der Waals surface area contributed by atoms with Gasteiger partial charge in [0.2, 0.25) is 23.5 Å². The number of nitrogens with zero attached hydrogens (tertiary/aromatic N) is 2. The molecule has 4 aliphatic carbocycles. The lowest BCUT2D eigenvalue weighted by Gasteiger charge is -2.39. The molecule has 4 amide bonds. The van der Waals surface area contributed by atoms with Gasteiger partial charge in [-0.05, 0) is 99.5 Å². The summed E-state index contributed by atoms with van der Waals surface area (Å²) in [6.45, 7) is 22.5. The van der Waals surface area contributed by atoms with Crippen molar-refractivity contribution in [2.75, 3.05) is 26.2 Å². The lowest BCUT2D eigenvalue weighted by atomic mass is 9.73. The van der Waals surface area contributed by atoms with Gasteiger partial charge in [-0.2, -0.15) is 0 Å². The number of ketones is 1. The summed E-state index contributed by atoms with van der Waals surface area (Å²) in [5.74, 6) is -1.72. The van der Waals surface area contributed by atoms with E-state index in [0.29, 0.717) is 25.8 Å². The van der Waals surface area contributed by atoms with Gasteiger partial charge in [0.1, 0.15) is 18.1 Å². The van der Waals surface area contributed by atoms with Crippen LogP contribution in [0.1, 0.15) is 145 Å². The minimum absolute atomic E-state index is 0.0298. The van der Waals surface area contributed by atoms with Crippen LogP contribution in [0.2, 0.25) is 0 Å². The van der Waals surface area contributed by atoms with Gasteiger partial charge in [0.15, 0.2) is 0 Å². The number of hydrogen-bond donors (Lipinski definition) is 4. The van der Waals surface area contributed by atoms with Gasteiger partial charge in [-0.1, -0.05) is 87.1 Å². The van der Waals surface area contributed by atoms with E-state index in [1.165, 1.54) is 0 Å². The van der Waals surface area contributed by atoms with Crippen molar-refractivity contribution in [2.45, 2.75) is 175 Å². The molecule has 11 heteroatoms. The number of carbonyl (C=O) groups is 5. The predicted octanol–water partition coefficient (Wildman–Crippen LogP) is 5.23. The normalized spacial score (nSPS) is 29.1. The summed E-state index contributed by atoms with van der Waals surface area (Å²) in [4.78, 5) is 74.7. The van der Waals surface area contributed by atoms with Crippen molar-refractivity contribution in [3.05, 3.63) is 12.3 Å². The molecule has 0 aromatic heterocycles. The molecular weight excluding hydrogens is 693 g/mol. The second-order valence-corrected chi connectivity index (χ2v) is 19.9. The SMILES string of the molecule is C=C(NC(C(=O)N[C@H](C(=O)N1C[C@]2(C[C@H]1C(=O)N[C@@H](CCC)C(=O)C(=O)NC1CC1)C(C)(C)C21CCC1)C(C)(C)C)C1CCCCC1)[C@@H]1CCCN(CC)C1. The molecule has 2 spiro atoms. The maximum atomic E-state index is 15.2. The largest absolute Gasteiger partial charge is 0.377 e. The summed E-state index contributed by atoms with van der Waals surface area (Å²) in [6.07, 6.45) is 13.8. The molecule has 0 aromatic rings. The second-order valence-electron chi connectivity index (χ2n) is 19.9. The Hall–Kier alpha value is -2.95. The van der Waals surface area contributed by atoms with Crippen molar-refractivity contribution in [1.82, 2.24) is 31.1 Å². The molecule has 11 nitrogen and oxygen atoms in total. The minimum atomic E-state index is -0.961. The van der Waals surface area contributed by atoms with E-state index < -0.39 is 41.3 Å². The molecule has 0 aromatic carbocycles. The van der Waals surface area contributed by atoms with Crippen molar-refractivity contribution in [1.29, 1.82) is 0 Å². The van der Waals surface area contributed by atoms with Gasteiger partial charge >= 0.3 is 0 Å². The maximum absolute atomic E-state index is 15.2. The van der Waals surface area contributed by atoms with E-state index in [1.807, 2.05) is 27.7 Å². The number of likely N-dealkylation sites (tertiary alicyclic amines) is 2. The molecular formula is C44H72N6O5. The molecule has 6 atom stereocenters. The molecule has 0 bridgehead atoms. The summed E-state index contributed by atoms with van der Waals surface area (Å²) in [5.41, 5.74) is 0.0332. The zero-order valence-corrected chi connectivity index (χ0v) is 35.1. The number of rotatable bonds is 15. The van der Waals surface area contributed by atoms with Crippen LogP contribution < -0.4 is 21.3 Å². The predicted molar refractivity (Wildman–Crippen MR) is 214 cm³/mol. The number of amides is 4. The van der Waals surface area contributed by atoms with Crippen LogP contribution in [0.4, 0.5) is 0 Å². The zero-order valence-electron chi connectivity index (χ0n) is 35.1. The first kappa shape index (κ1) is 41.7. The third kappa shape index (κ3) is 7.98. The third-order valence-electron chi connectivity index (χ3n) is 15.3. The van der Waals surface area contributed by atoms with Gasteiger partial charge < -0.3 is 31.1 Å². The first-order valence-electron chi connectivity index (χ1n) is 21.9. The van der Waals surface area contributed by atoms with E-state index in [1.54, 1.807) is 4.90 Å². The van der Waals surface area contributed by atoms with Gasteiger partial charge in [-0.25, -0.2) is 0 Å². The van der Waals surface area contributed by atoms with E-state index >= 15 is 4.79 Å². The standard InChI is InChI=1S/C44H72N6O5/c1-9-16-32(35(51)39(54)46-31-20-21-31)47-37(52)33-25-44(42(7,8)43(44)22-15-23-43)27-50(33)40(55)36(41(4,5)6)48-38(53)34(29-17-12-11-13-18-29)45-28(3)30-19-14-24-49(10-2)26-30/h29-34,36,45H,3,9-27H2,1-2,4-8H3,(H,46,54)(H,47,52)(H,48,53)/t30-,32+,33+,34?,36-,44-/m1/s1. The Morgan fingerprint density at radius 1 is 0.855 bits per heavy atom. The Morgan fingerprint density at radius 3 is 2.11 bits per heavy atom. The molecule has 55 heavy (non-hydrogen) atoms. The highest BCUT2D eigenvalue weighted by Crippen LogP contribution is 2.88. The number of piperidine rings is 1. The number of hydrogen-bond acceptors (Lipinski definition) is 7. The molecule has 0 radical (unpaired) electrons. The zero-order chi connectivity index (χ0) is 39.9. The highest BCUT2D eigenvalue weighted by atomic mass is 16.2. The number of nitrogens with one attached hydrogen (secondary N) is 4. The minimum Gasteiger partial charge on any atom is -0.377 e. The smallest absolute Gasteiger partial charge is 0.289 e. The molecule has 4 N–H and O–H groups in total. The van der Waals surface area contributed by atoms with E-state index in [0.717, 1.165) is 102 Å². The second kappa shape index (κ2) is 16.1. The van der Waals surface area contributed by atoms with Crippen LogP contribution in [0.25, 0.3) is 0 Å². The average Bonchev–Trinajstić information content (AvgIpc) is 3.96. The van der Waals surface area contributed by atoms with Crippen molar-refractivity contribution in [3.8, 4) is 0 Å². The van der Waals surface area contributed by atoms with Crippen LogP contribution in [-0.4, -0.2) is 95.6 Å². The van der Waals surface area contributed by atoms with Gasteiger partial charge in [0.25, 0.3) is 5.91 Å². The first-order chi connectivity index (χ1) is 26.0. The topological polar surface area (TPSA) is 140 Å². The number of fused-ring (bicyclic) bond motifs is 1. The maximum Gasteiger partial charge on any atom is 0.289 e. The fraction of sp³-hybridized carbons (Fsp3) is 0.841. The summed E-state index contributed by atoms with van der Waals surface area (Å²) < 4.78 is 0. The number of carbonyl (C=O) groups excluding carboxylic acids is 5. The molecule has 6 aliphatic rings. The quantitative estimate of drug-likeness (QED) is 0.168. The number of Topliss-reactive ketones (excluding diaryl/α,β-unsaturated/α-hetero) is 1. The van der Waals surface area contributed by atoms with Crippen molar-refractivity contribution >= 4 is 29.4 Å². The third-order valence-corrected chi connectivity index (χ3v) is 15.3. The summed E-state index contributed by atoms with van der Waals surface area (Å²) in [5, 5.41) is 12.6. The van der Waals surface area contributed by atoms with Crippen LogP contribution in [0.3, 0.4) is 0 Å². The lowest BCUT2D eigenvalue weighted by Crippen LogP contribution is -2.61. The fourth-order valence-electron chi connectivity index (χ4n) is 11.4. The molecule has 2 heterocycles. The van der Waals surface area contributed by atoms with Crippen LogP contribution in [0.5, 0.6) is 0 Å². The molecule has 308 valence electrons. The van der Waals surface area contributed by atoms with E-state index in [-0.39, 0.29) is 51.8 Å². The Labute approximate surface area is 330 Å². The Balaban J connectivity index is 1.25. The highest BCUT2D eigenvalue weighted by Gasteiger charge is 2.85. The Morgan fingerprint density at radius 2 is 1.55 bits per heavy atom. The monoisotopic (exact) mass is 765 g/mol. The van der Waals surface area contributed by atoms with Gasteiger partial charge in [0, 0.05) is 36.2 Å². The fourth-order valence-corrected chi connectivity index (χ4v) is 11.4. The molecule has 2 saturated heterocycles. The van der Waals surface area contributed by atoms with Crippen LogP contribution in [0, 0.1) is 33.5 Å². The van der Waals surface area contributed by atoms with Crippen LogP contribution >= 0.6 is 0 Å². The molecule has 6 fully saturated rings. The average molecular weight is 765 g/mol. The van der Waals surface area contributed by atoms with Gasteiger partial charge in [-0.3, -0.25) is 24.0 Å². The Kier molecular flexibility index (Phi) is 12.2. The summed E-state index contributed by atoms with van der Waals surface area (Å²) in [6, 6.07) is -3.13. The van der Waals surface area contributed by atoms with Crippen LogP contribution in [-0.2, 0) is 24.0 Å².